The molecule has 0 aromatic carbocycles. The second kappa shape index (κ2) is 4.09. The van der Waals surface area contributed by atoms with Crippen molar-refractivity contribution in [2.24, 2.45) is 11.1 Å². The van der Waals surface area contributed by atoms with Crippen LogP contribution < -0.4 is 5.73 Å². The Bertz CT molecular complexity index is 285. The molecule has 1 aromatic rings. The van der Waals surface area contributed by atoms with Gasteiger partial charge >= 0.3 is 0 Å². The third kappa shape index (κ3) is 2.32. The molecule has 1 unspecified atom stereocenters. The third-order valence-electron chi connectivity index (χ3n) is 2.33. The predicted octanol–water partition coefficient (Wildman–Crippen LogP) is 1.73. The van der Waals surface area contributed by atoms with Gasteiger partial charge in [-0.15, -0.1) is 5.10 Å². The quantitative estimate of drug-likeness (QED) is 0.801. The average molecular weight is 196 g/mol. The summed E-state index contributed by atoms with van der Waals surface area (Å²) >= 11 is 0. The van der Waals surface area contributed by atoms with Gasteiger partial charge in [0.25, 0.3) is 0 Å². The number of nitrogens with two attached hydrogens (primary N) is 1. The standard InChI is InChI=1S/C10H20N4/c1-5-6-14-8(7-12-13-14)9(11)10(2,3)4/h7,9H,5-6,11H2,1-4H3. The molecule has 4 nitrogen and oxygen atoms in total. The topological polar surface area (TPSA) is 56.7 Å². The Morgan fingerprint density at radius 1 is 1.50 bits per heavy atom. The van der Waals surface area contributed by atoms with E-state index in [1.807, 2.05) is 4.68 Å². The first-order chi connectivity index (χ1) is 6.46. The van der Waals surface area contributed by atoms with Crippen LogP contribution in [0, 0.1) is 5.41 Å². The fourth-order valence-electron chi connectivity index (χ4n) is 1.34. The van der Waals surface area contributed by atoms with Crippen molar-refractivity contribution in [3.8, 4) is 0 Å². The Morgan fingerprint density at radius 2 is 2.14 bits per heavy atom. The molecule has 1 heterocycles. The van der Waals surface area contributed by atoms with Gasteiger partial charge in [0.05, 0.1) is 17.9 Å². The number of aryl methyl sites for hydroxylation is 1. The highest BCUT2D eigenvalue weighted by Crippen LogP contribution is 2.29. The van der Waals surface area contributed by atoms with E-state index in [2.05, 4.69) is 38.0 Å². The summed E-state index contributed by atoms with van der Waals surface area (Å²) in [5.41, 5.74) is 7.22. The van der Waals surface area contributed by atoms with Gasteiger partial charge in [-0.2, -0.15) is 0 Å². The largest absolute Gasteiger partial charge is 0.322 e. The summed E-state index contributed by atoms with van der Waals surface area (Å²) in [7, 11) is 0. The molecule has 80 valence electrons. The predicted molar refractivity (Wildman–Crippen MR) is 56.7 cm³/mol. The molecule has 0 radical (unpaired) electrons. The summed E-state index contributed by atoms with van der Waals surface area (Å²) in [6.45, 7) is 9.38. The van der Waals surface area contributed by atoms with Crippen LogP contribution in [0.15, 0.2) is 6.20 Å². The van der Waals surface area contributed by atoms with Gasteiger partial charge in [0.15, 0.2) is 0 Å². The number of aromatic nitrogens is 3. The fraction of sp³-hybridized carbons (Fsp3) is 0.800. The van der Waals surface area contributed by atoms with Gasteiger partial charge in [0.1, 0.15) is 0 Å². The van der Waals surface area contributed by atoms with E-state index in [1.54, 1.807) is 6.20 Å². The van der Waals surface area contributed by atoms with Gasteiger partial charge in [0, 0.05) is 6.54 Å². The molecule has 0 saturated heterocycles. The number of hydrogen-bond donors (Lipinski definition) is 1. The molecule has 0 bridgehead atoms. The van der Waals surface area contributed by atoms with Crippen LogP contribution in [0.1, 0.15) is 45.9 Å². The lowest BCUT2D eigenvalue weighted by atomic mass is 9.85. The van der Waals surface area contributed by atoms with Crippen LogP contribution in [-0.4, -0.2) is 15.0 Å². The Labute approximate surface area is 85.5 Å². The molecule has 0 amide bonds. The van der Waals surface area contributed by atoms with Crippen molar-refractivity contribution in [1.29, 1.82) is 0 Å². The van der Waals surface area contributed by atoms with Crippen LogP contribution in [0.25, 0.3) is 0 Å². The Kier molecular flexibility index (Phi) is 3.26. The molecule has 1 aromatic heterocycles. The van der Waals surface area contributed by atoms with E-state index >= 15 is 0 Å². The van der Waals surface area contributed by atoms with Crippen LogP contribution in [0.4, 0.5) is 0 Å². The molecule has 14 heavy (non-hydrogen) atoms. The summed E-state index contributed by atoms with van der Waals surface area (Å²) in [5.74, 6) is 0. The molecule has 1 atom stereocenters. The molecule has 4 heteroatoms. The van der Waals surface area contributed by atoms with Gasteiger partial charge in [-0.3, -0.25) is 0 Å². The van der Waals surface area contributed by atoms with Crippen LogP contribution in [0.3, 0.4) is 0 Å². The molecule has 0 aliphatic carbocycles. The van der Waals surface area contributed by atoms with Crippen LogP contribution in [0.2, 0.25) is 0 Å². The van der Waals surface area contributed by atoms with Crippen molar-refractivity contribution < 1.29 is 0 Å². The second-order valence-electron chi connectivity index (χ2n) is 4.73. The van der Waals surface area contributed by atoms with Gasteiger partial charge in [-0.1, -0.05) is 32.9 Å². The summed E-state index contributed by atoms with van der Waals surface area (Å²) < 4.78 is 1.90. The van der Waals surface area contributed by atoms with Crippen molar-refractivity contribution in [3.05, 3.63) is 11.9 Å². The van der Waals surface area contributed by atoms with Crippen molar-refractivity contribution in [1.82, 2.24) is 15.0 Å². The maximum Gasteiger partial charge on any atom is 0.0759 e. The summed E-state index contributed by atoms with van der Waals surface area (Å²) in [5, 5.41) is 7.94. The minimum absolute atomic E-state index is 0.0101. The second-order valence-corrected chi connectivity index (χ2v) is 4.73. The smallest absolute Gasteiger partial charge is 0.0759 e. The zero-order chi connectivity index (χ0) is 10.8. The van der Waals surface area contributed by atoms with Crippen molar-refractivity contribution in [2.75, 3.05) is 0 Å². The highest BCUT2D eigenvalue weighted by Gasteiger charge is 2.25. The van der Waals surface area contributed by atoms with E-state index in [4.69, 9.17) is 5.73 Å². The minimum Gasteiger partial charge on any atom is -0.322 e. The molecule has 0 aliphatic rings. The molecule has 0 aliphatic heterocycles. The average Bonchev–Trinajstić information content (AvgIpc) is 2.50. The zero-order valence-electron chi connectivity index (χ0n) is 9.49. The molecule has 0 spiro atoms. The third-order valence-corrected chi connectivity index (χ3v) is 2.33. The van der Waals surface area contributed by atoms with Crippen molar-refractivity contribution in [3.63, 3.8) is 0 Å². The molecule has 1 rings (SSSR count). The first-order valence-corrected chi connectivity index (χ1v) is 5.10. The van der Waals surface area contributed by atoms with Gasteiger partial charge in [-0.25, -0.2) is 4.68 Å². The highest BCUT2D eigenvalue weighted by atomic mass is 15.4. The van der Waals surface area contributed by atoms with E-state index in [1.165, 1.54) is 0 Å². The Balaban J connectivity index is 2.89. The van der Waals surface area contributed by atoms with Crippen molar-refractivity contribution in [2.45, 2.75) is 46.7 Å². The minimum atomic E-state index is -0.0101. The Morgan fingerprint density at radius 3 is 2.64 bits per heavy atom. The molecule has 0 fully saturated rings. The first-order valence-electron chi connectivity index (χ1n) is 5.10. The number of rotatable bonds is 3. The van der Waals surface area contributed by atoms with E-state index in [0.29, 0.717) is 0 Å². The molecule has 0 saturated carbocycles. The van der Waals surface area contributed by atoms with E-state index in [0.717, 1.165) is 18.7 Å². The van der Waals surface area contributed by atoms with Gasteiger partial charge in [0.2, 0.25) is 0 Å². The van der Waals surface area contributed by atoms with Gasteiger partial charge in [-0.05, 0) is 11.8 Å². The molecular weight excluding hydrogens is 176 g/mol. The molecule has 2 N–H and O–H groups in total. The fourth-order valence-corrected chi connectivity index (χ4v) is 1.34. The van der Waals surface area contributed by atoms with Gasteiger partial charge < -0.3 is 5.73 Å². The summed E-state index contributed by atoms with van der Waals surface area (Å²) in [6.07, 6.45) is 2.82. The summed E-state index contributed by atoms with van der Waals surface area (Å²) in [6, 6.07) is -0.0101. The molecular formula is C10H20N4. The maximum atomic E-state index is 6.15. The lowest BCUT2D eigenvalue weighted by molar-refractivity contribution is 0.309. The SMILES string of the molecule is CCCn1nncc1C(N)C(C)(C)C. The monoisotopic (exact) mass is 196 g/mol. The van der Waals surface area contributed by atoms with Crippen molar-refractivity contribution >= 4 is 0 Å². The van der Waals surface area contributed by atoms with Crippen LogP contribution in [0.5, 0.6) is 0 Å². The zero-order valence-corrected chi connectivity index (χ0v) is 9.49. The number of hydrogen-bond acceptors (Lipinski definition) is 3. The lowest BCUT2D eigenvalue weighted by Crippen LogP contribution is -2.28. The van der Waals surface area contributed by atoms with E-state index in [-0.39, 0.29) is 11.5 Å². The summed E-state index contributed by atoms with van der Waals surface area (Å²) in [4.78, 5) is 0. The van der Waals surface area contributed by atoms with Crippen LogP contribution >= 0.6 is 0 Å². The van der Waals surface area contributed by atoms with E-state index in [9.17, 15) is 0 Å². The van der Waals surface area contributed by atoms with Crippen LogP contribution in [-0.2, 0) is 6.54 Å². The maximum absolute atomic E-state index is 6.15. The lowest BCUT2D eigenvalue weighted by Gasteiger charge is -2.26. The normalized spacial score (nSPS) is 14.4. The van der Waals surface area contributed by atoms with E-state index < -0.39 is 0 Å². The first kappa shape index (κ1) is 11.2. The highest BCUT2D eigenvalue weighted by molar-refractivity contribution is 5.05. The number of nitrogens with zero attached hydrogens (tertiary/aromatic N) is 3. The Hall–Kier alpha value is -0.900.